The molecule has 6 nitrogen and oxygen atoms in total. The molecule has 1 amide bonds. The van der Waals surface area contributed by atoms with E-state index in [0.717, 1.165) is 21.7 Å². The number of nitrogens with zero attached hydrogens (tertiary/aromatic N) is 2. The second kappa shape index (κ2) is 10.6. The van der Waals surface area contributed by atoms with Gasteiger partial charge in [-0.1, -0.05) is 30.3 Å². The molecule has 32 heavy (non-hydrogen) atoms. The second-order valence-electron chi connectivity index (χ2n) is 7.07. The molecule has 0 saturated heterocycles. The molecule has 3 rings (SSSR count). The maximum absolute atomic E-state index is 13.2. The van der Waals surface area contributed by atoms with Gasteiger partial charge in [-0.3, -0.25) is 9.59 Å². The second-order valence-corrected chi connectivity index (χ2v) is 8.12. The van der Waals surface area contributed by atoms with Crippen molar-refractivity contribution in [1.82, 2.24) is 4.57 Å². The number of thioether (sulfide) groups is 1. The number of halogens is 1. The third-order valence-electron chi connectivity index (χ3n) is 4.92. The predicted molar refractivity (Wildman–Crippen MR) is 121 cm³/mol. The van der Waals surface area contributed by atoms with Crippen LogP contribution in [0, 0.1) is 31.0 Å². The van der Waals surface area contributed by atoms with Gasteiger partial charge in [-0.15, -0.1) is 11.8 Å². The minimum Gasteiger partial charge on any atom is -0.455 e. The molecule has 164 valence electrons. The van der Waals surface area contributed by atoms with E-state index < -0.39 is 18.5 Å². The first-order chi connectivity index (χ1) is 15.4. The monoisotopic (exact) mass is 451 g/mol. The average molecular weight is 452 g/mol. The van der Waals surface area contributed by atoms with Crippen LogP contribution >= 0.6 is 11.8 Å². The van der Waals surface area contributed by atoms with Crippen LogP contribution in [0.5, 0.6) is 0 Å². The fourth-order valence-corrected chi connectivity index (χ4v) is 3.83. The summed E-state index contributed by atoms with van der Waals surface area (Å²) in [5.74, 6) is -0.986. The smallest absolute Gasteiger partial charge is 0.316 e. The van der Waals surface area contributed by atoms with E-state index in [9.17, 15) is 19.2 Å². The molecular formula is C24H22FN3O3S. The fourth-order valence-electron chi connectivity index (χ4n) is 3.12. The van der Waals surface area contributed by atoms with Crippen molar-refractivity contribution in [3.63, 3.8) is 0 Å². The van der Waals surface area contributed by atoms with Crippen molar-refractivity contribution >= 4 is 29.5 Å². The summed E-state index contributed by atoms with van der Waals surface area (Å²) in [5.41, 5.74) is 2.69. The zero-order valence-electron chi connectivity index (χ0n) is 17.7. The van der Waals surface area contributed by atoms with Gasteiger partial charge in [0.15, 0.2) is 6.61 Å². The van der Waals surface area contributed by atoms with E-state index in [1.165, 1.54) is 23.9 Å². The van der Waals surface area contributed by atoms with Gasteiger partial charge >= 0.3 is 5.97 Å². The predicted octanol–water partition coefficient (Wildman–Crippen LogP) is 4.44. The van der Waals surface area contributed by atoms with Crippen molar-refractivity contribution in [2.75, 3.05) is 17.7 Å². The number of hydrogen-bond donors (Lipinski definition) is 1. The molecule has 0 aliphatic heterocycles. The quantitative estimate of drug-likeness (QED) is 0.404. The van der Waals surface area contributed by atoms with E-state index in [1.807, 2.05) is 37.3 Å². The number of nitriles is 1. The summed E-state index contributed by atoms with van der Waals surface area (Å²) in [6, 6.07) is 17.5. The lowest BCUT2D eigenvalue weighted by Crippen LogP contribution is -2.23. The molecule has 0 fully saturated rings. The SMILES string of the molecule is Cc1c(C#N)c(NC(=O)COC(=O)CSc2ccccc2)n(Cc2ccc(F)cc2)c1C. The van der Waals surface area contributed by atoms with Crippen LogP contribution in [0.3, 0.4) is 0 Å². The van der Waals surface area contributed by atoms with Crippen LogP contribution in [0.25, 0.3) is 0 Å². The zero-order valence-corrected chi connectivity index (χ0v) is 18.5. The lowest BCUT2D eigenvalue weighted by Gasteiger charge is -2.13. The Kier molecular flexibility index (Phi) is 7.68. The Balaban J connectivity index is 1.65. The Hall–Kier alpha value is -3.57. The highest BCUT2D eigenvalue weighted by molar-refractivity contribution is 8.00. The highest BCUT2D eigenvalue weighted by Gasteiger charge is 2.20. The largest absolute Gasteiger partial charge is 0.455 e. The third kappa shape index (κ3) is 5.77. The van der Waals surface area contributed by atoms with Gasteiger partial charge in [0, 0.05) is 17.1 Å². The van der Waals surface area contributed by atoms with Gasteiger partial charge < -0.3 is 14.6 Å². The number of rotatable bonds is 8. The van der Waals surface area contributed by atoms with Crippen LogP contribution in [-0.4, -0.2) is 28.8 Å². The Bertz CT molecular complexity index is 1150. The Labute approximate surface area is 190 Å². The summed E-state index contributed by atoms with van der Waals surface area (Å²) in [7, 11) is 0. The molecule has 0 saturated carbocycles. The molecule has 1 heterocycles. The Morgan fingerprint density at radius 1 is 1.12 bits per heavy atom. The van der Waals surface area contributed by atoms with E-state index >= 15 is 0 Å². The molecule has 2 aromatic carbocycles. The number of hydrogen-bond acceptors (Lipinski definition) is 5. The normalized spacial score (nSPS) is 10.4. The van der Waals surface area contributed by atoms with Crippen LogP contribution in [-0.2, 0) is 20.9 Å². The summed E-state index contributed by atoms with van der Waals surface area (Å²) in [6.07, 6.45) is 0. The van der Waals surface area contributed by atoms with Crippen molar-refractivity contribution in [2.45, 2.75) is 25.3 Å². The van der Waals surface area contributed by atoms with Gasteiger partial charge in [-0.2, -0.15) is 5.26 Å². The van der Waals surface area contributed by atoms with Crippen molar-refractivity contribution in [3.05, 3.63) is 82.8 Å². The lowest BCUT2D eigenvalue weighted by molar-refractivity contribution is -0.144. The van der Waals surface area contributed by atoms with E-state index in [-0.39, 0.29) is 11.6 Å². The first-order valence-corrected chi connectivity index (χ1v) is 10.8. The van der Waals surface area contributed by atoms with Gasteiger partial charge in [-0.05, 0) is 49.2 Å². The number of benzene rings is 2. The van der Waals surface area contributed by atoms with Gasteiger partial charge in [0.1, 0.15) is 17.7 Å². The molecule has 0 atom stereocenters. The maximum Gasteiger partial charge on any atom is 0.316 e. The summed E-state index contributed by atoms with van der Waals surface area (Å²) in [4.78, 5) is 25.4. The van der Waals surface area contributed by atoms with Crippen molar-refractivity contribution in [2.24, 2.45) is 0 Å². The lowest BCUT2D eigenvalue weighted by atomic mass is 10.2. The molecule has 0 radical (unpaired) electrons. The summed E-state index contributed by atoms with van der Waals surface area (Å²) >= 11 is 1.32. The van der Waals surface area contributed by atoms with Gasteiger partial charge in [0.2, 0.25) is 0 Å². The minimum absolute atomic E-state index is 0.0832. The maximum atomic E-state index is 13.2. The number of aromatic nitrogens is 1. The van der Waals surface area contributed by atoms with E-state index in [4.69, 9.17) is 4.74 Å². The highest BCUT2D eigenvalue weighted by atomic mass is 32.2. The Morgan fingerprint density at radius 3 is 2.47 bits per heavy atom. The topological polar surface area (TPSA) is 84.1 Å². The molecular weight excluding hydrogens is 429 g/mol. The third-order valence-corrected chi connectivity index (χ3v) is 5.90. The van der Waals surface area contributed by atoms with Gasteiger partial charge in [0.05, 0.1) is 11.3 Å². The number of ether oxygens (including phenoxy) is 1. The summed E-state index contributed by atoms with van der Waals surface area (Å²) < 4.78 is 20.1. The van der Waals surface area contributed by atoms with Crippen LogP contribution in [0.1, 0.15) is 22.4 Å². The molecule has 3 aromatic rings. The van der Waals surface area contributed by atoms with E-state index in [2.05, 4.69) is 11.4 Å². The number of amides is 1. The molecule has 0 spiro atoms. The molecule has 1 N–H and O–H groups in total. The Morgan fingerprint density at radius 2 is 1.81 bits per heavy atom. The molecule has 0 aliphatic carbocycles. The standard InChI is InChI=1S/C24H22FN3O3S/c1-16-17(2)28(13-18-8-10-19(25)11-9-18)24(21(16)12-26)27-22(29)14-31-23(30)15-32-20-6-4-3-5-7-20/h3-11H,13-15H2,1-2H3,(H,27,29). The minimum atomic E-state index is -0.544. The van der Waals surface area contributed by atoms with Gasteiger partial charge in [0.25, 0.3) is 5.91 Å². The van der Waals surface area contributed by atoms with E-state index in [0.29, 0.717) is 17.9 Å². The van der Waals surface area contributed by atoms with E-state index in [1.54, 1.807) is 23.6 Å². The summed E-state index contributed by atoms with van der Waals surface area (Å²) in [5, 5.41) is 12.3. The van der Waals surface area contributed by atoms with Crippen LogP contribution in [0.2, 0.25) is 0 Å². The van der Waals surface area contributed by atoms with Crippen molar-refractivity contribution < 1.29 is 18.7 Å². The number of carbonyl (C=O) groups is 2. The molecule has 0 bridgehead atoms. The number of carbonyl (C=O) groups excluding carboxylic acids is 2. The molecule has 8 heteroatoms. The average Bonchev–Trinajstić information content (AvgIpc) is 3.02. The molecule has 0 unspecified atom stereocenters. The fraction of sp³-hybridized carbons (Fsp3) is 0.208. The summed E-state index contributed by atoms with van der Waals surface area (Å²) in [6.45, 7) is 3.53. The number of nitrogens with one attached hydrogen (secondary N) is 1. The number of anilines is 1. The van der Waals surface area contributed by atoms with Crippen LogP contribution in [0.4, 0.5) is 10.2 Å². The van der Waals surface area contributed by atoms with Crippen molar-refractivity contribution in [1.29, 1.82) is 5.26 Å². The van der Waals surface area contributed by atoms with Crippen LogP contribution < -0.4 is 5.32 Å². The van der Waals surface area contributed by atoms with Gasteiger partial charge in [-0.25, -0.2) is 4.39 Å². The van der Waals surface area contributed by atoms with Crippen molar-refractivity contribution in [3.8, 4) is 6.07 Å². The molecule has 1 aromatic heterocycles. The highest BCUT2D eigenvalue weighted by Crippen LogP contribution is 2.27. The van der Waals surface area contributed by atoms with Crippen LogP contribution in [0.15, 0.2) is 59.5 Å². The first-order valence-electron chi connectivity index (χ1n) is 9.86. The number of esters is 1. The molecule has 0 aliphatic rings. The first kappa shape index (κ1) is 23.1. The zero-order chi connectivity index (χ0) is 23.1.